The highest BCUT2D eigenvalue weighted by molar-refractivity contribution is 5.78. The molecule has 2 saturated heterocycles. The van der Waals surface area contributed by atoms with Crippen LogP contribution < -0.4 is 0 Å². The average Bonchev–Trinajstić information content (AvgIpc) is 2.54. The normalized spacial score (nSPS) is 25.6. The maximum Gasteiger partial charge on any atom is 0.320 e. The molecule has 0 aliphatic carbocycles. The number of aliphatic carboxylic acids is 1. The number of carboxylic acid groups (broad SMARTS) is 1. The number of carbonyl (C=O) groups excluding carboxylic acids is 1. The Morgan fingerprint density at radius 3 is 2.93 bits per heavy atom. The van der Waals surface area contributed by atoms with Crippen molar-refractivity contribution in [3.63, 3.8) is 0 Å². The van der Waals surface area contributed by atoms with Crippen LogP contribution in [0.5, 0.6) is 0 Å². The van der Waals surface area contributed by atoms with Crippen molar-refractivity contribution in [1.29, 1.82) is 0 Å². The van der Waals surface area contributed by atoms with E-state index in [0.29, 0.717) is 19.1 Å². The van der Waals surface area contributed by atoms with Gasteiger partial charge in [0.1, 0.15) is 0 Å². The van der Waals surface area contributed by atoms with Gasteiger partial charge < -0.3 is 14.9 Å². The van der Waals surface area contributed by atoms with Crippen LogP contribution >= 0.6 is 0 Å². The second kappa shape index (κ2) is 4.08. The van der Waals surface area contributed by atoms with Gasteiger partial charge in [-0.2, -0.15) is 0 Å². The number of piperidine rings is 1. The Balaban J connectivity index is 1.92. The molecule has 0 aromatic heterocycles. The Morgan fingerprint density at radius 1 is 1.47 bits per heavy atom. The summed E-state index contributed by atoms with van der Waals surface area (Å²) < 4.78 is 0. The zero-order valence-electron chi connectivity index (χ0n) is 8.69. The molecule has 15 heavy (non-hydrogen) atoms. The maximum atomic E-state index is 11.8. The van der Waals surface area contributed by atoms with E-state index >= 15 is 0 Å². The number of carbonyl (C=O) groups is 2. The van der Waals surface area contributed by atoms with Crippen LogP contribution in [-0.4, -0.2) is 52.6 Å². The monoisotopic (exact) mass is 212 g/mol. The van der Waals surface area contributed by atoms with Gasteiger partial charge in [-0.1, -0.05) is 0 Å². The lowest BCUT2D eigenvalue weighted by Gasteiger charge is -2.27. The van der Waals surface area contributed by atoms with Gasteiger partial charge in [0.25, 0.3) is 0 Å². The van der Waals surface area contributed by atoms with Gasteiger partial charge in [0.05, 0.1) is 12.5 Å². The second-order valence-corrected chi connectivity index (χ2v) is 4.22. The number of nitrogens with zero attached hydrogens (tertiary/aromatic N) is 2. The molecular formula is C10H16N2O3. The predicted molar refractivity (Wildman–Crippen MR) is 53.6 cm³/mol. The topological polar surface area (TPSA) is 60.9 Å². The lowest BCUT2D eigenvalue weighted by Crippen LogP contribution is -2.38. The Morgan fingerprint density at radius 2 is 2.27 bits per heavy atom. The van der Waals surface area contributed by atoms with Crippen LogP contribution in [0.4, 0.5) is 4.79 Å². The van der Waals surface area contributed by atoms with E-state index in [1.54, 1.807) is 4.90 Å². The first-order chi connectivity index (χ1) is 7.18. The number of urea groups is 1. The summed E-state index contributed by atoms with van der Waals surface area (Å²) in [6.07, 6.45) is 3.37. The standard InChI is InChI=1S/C10H16N2O3/c13-9(14)4-6-11-7-8-3-1-2-5-12(8)10(11)15/h8H,1-7H2,(H,13,14)/t8-/m0/s1. The van der Waals surface area contributed by atoms with Crippen LogP contribution in [0.15, 0.2) is 0 Å². The SMILES string of the molecule is O=C(O)CCN1C[C@@H]2CCCCN2C1=O. The number of hydrogen-bond donors (Lipinski definition) is 1. The Hall–Kier alpha value is -1.26. The number of hydrogen-bond acceptors (Lipinski definition) is 2. The smallest absolute Gasteiger partial charge is 0.320 e. The summed E-state index contributed by atoms with van der Waals surface area (Å²) in [5.41, 5.74) is 0. The number of amides is 2. The van der Waals surface area contributed by atoms with Crippen LogP contribution in [0.2, 0.25) is 0 Å². The molecule has 84 valence electrons. The lowest BCUT2D eigenvalue weighted by molar-refractivity contribution is -0.137. The summed E-state index contributed by atoms with van der Waals surface area (Å²) in [5.74, 6) is -0.840. The zero-order chi connectivity index (χ0) is 10.8. The second-order valence-electron chi connectivity index (χ2n) is 4.22. The summed E-state index contributed by atoms with van der Waals surface area (Å²) in [4.78, 5) is 25.8. The molecule has 1 N–H and O–H groups in total. The first-order valence-electron chi connectivity index (χ1n) is 5.46. The molecule has 2 fully saturated rings. The molecule has 5 heteroatoms. The molecule has 2 heterocycles. The van der Waals surface area contributed by atoms with Crippen molar-refractivity contribution in [2.45, 2.75) is 31.7 Å². The Bertz CT molecular complexity index is 280. The first-order valence-corrected chi connectivity index (χ1v) is 5.46. The number of fused-ring (bicyclic) bond motifs is 1. The Kier molecular flexibility index (Phi) is 2.79. The first kappa shape index (κ1) is 10.3. The maximum absolute atomic E-state index is 11.8. The van der Waals surface area contributed by atoms with E-state index in [1.807, 2.05) is 4.90 Å². The van der Waals surface area contributed by atoms with Gasteiger partial charge in [0.2, 0.25) is 0 Å². The molecule has 5 nitrogen and oxygen atoms in total. The van der Waals surface area contributed by atoms with Crippen molar-refractivity contribution >= 4 is 12.0 Å². The van der Waals surface area contributed by atoms with E-state index < -0.39 is 5.97 Å². The molecule has 2 rings (SSSR count). The quantitative estimate of drug-likeness (QED) is 0.751. The van der Waals surface area contributed by atoms with Gasteiger partial charge >= 0.3 is 12.0 Å². The third-order valence-corrected chi connectivity index (χ3v) is 3.17. The molecule has 1 atom stereocenters. The summed E-state index contributed by atoms with van der Waals surface area (Å²) in [7, 11) is 0. The van der Waals surface area contributed by atoms with Gasteiger partial charge in [0.15, 0.2) is 0 Å². The highest BCUT2D eigenvalue weighted by Gasteiger charge is 2.37. The molecule has 0 saturated carbocycles. The molecule has 0 unspecified atom stereocenters. The molecule has 0 radical (unpaired) electrons. The number of carboxylic acids is 1. The average molecular weight is 212 g/mol. The van der Waals surface area contributed by atoms with Crippen LogP contribution in [0, 0.1) is 0 Å². The van der Waals surface area contributed by atoms with Crippen LogP contribution in [0.3, 0.4) is 0 Å². The van der Waals surface area contributed by atoms with Gasteiger partial charge in [-0.25, -0.2) is 4.79 Å². The van der Waals surface area contributed by atoms with Gasteiger partial charge in [0, 0.05) is 19.6 Å². The summed E-state index contributed by atoms with van der Waals surface area (Å²) in [5, 5.41) is 8.57. The molecule has 0 bridgehead atoms. The van der Waals surface area contributed by atoms with Crippen LogP contribution in [-0.2, 0) is 4.79 Å². The molecule has 2 amide bonds. The van der Waals surface area contributed by atoms with E-state index in [1.165, 1.54) is 6.42 Å². The fraction of sp³-hybridized carbons (Fsp3) is 0.800. The van der Waals surface area contributed by atoms with Crippen LogP contribution in [0.25, 0.3) is 0 Å². The zero-order valence-corrected chi connectivity index (χ0v) is 8.69. The summed E-state index contributed by atoms with van der Waals surface area (Å²) >= 11 is 0. The van der Waals surface area contributed by atoms with E-state index in [-0.39, 0.29) is 12.5 Å². The molecule has 0 aromatic carbocycles. The van der Waals surface area contributed by atoms with Crippen molar-refractivity contribution < 1.29 is 14.7 Å². The van der Waals surface area contributed by atoms with Crippen molar-refractivity contribution in [2.75, 3.05) is 19.6 Å². The largest absolute Gasteiger partial charge is 0.481 e. The van der Waals surface area contributed by atoms with Gasteiger partial charge in [-0.05, 0) is 19.3 Å². The predicted octanol–water partition coefficient (Wildman–Crippen LogP) is 0.751. The highest BCUT2D eigenvalue weighted by atomic mass is 16.4. The van der Waals surface area contributed by atoms with Crippen LogP contribution in [0.1, 0.15) is 25.7 Å². The minimum Gasteiger partial charge on any atom is -0.481 e. The van der Waals surface area contributed by atoms with Crippen molar-refractivity contribution in [3.8, 4) is 0 Å². The van der Waals surface area contributed by atoms with E-state index in [2.05, 4.69) is 0 Å². The van der Waals surface area contributed by atoms with E-state index in [0.717, 1.165) is 19.4 Å². The molecule has 0 aromatic rings. The van der Waals surface area contributed by atoms with Gasteiger partial charge in [-0.15, -0.1) is 0 Å². The number of rotatable bonds is 3. The highest BCUT2D eigenvalue weighted by Crippen LogP contribution is 2.25. The van der Waals surface area contributed by atoms with Crippen molar-refractivity contribution in [3.05, 3.63) is 0 Å². The summed E-state index contributed by atoms with van der Waals surface area (Å²) in [6.45, 7) is 1.90. The third-order valence-electron chi connectivity index (χ3n) is 3.17. The molecular weight excluding hydrogens is 196 g/mol. The fourth-order valence-corrected chi connectivity index (χ4v) is 2.37. The van der Waals surface area contributed by atoms with Crippen molar-refractivity contribution in [1.82, 2.24) is 9.80 Å². The molecule has 0 spiro atoms. The fourth-order valence-electron chi connectivity index (χ4n) is 2.37. The van der Waals surface area contributed by atoms with E-state index in [4.69, 9.17) is 5.11 Å². The summed E-state index contributed by atoms with van der Waals surface area (Å²) in [6, 6.07) is 0.362. The Labute approximate surface area is 88.6 Å². The lowest BCUT2D eigenvalue weighted by atomic mass is 10.0. The van der Waals surface area contributed by atoms with Gasteiger partial charge in [-0.3, -0.25) is 4.79 Å². The molecule has 2 aliphatic heterocycles. The minimum atomic E-state index is -0.840. The van der Waals surface area contributed by atoms with E-state index in [9.17, 15) is 9.59 Å². The molecule has 2 aliphatic rings. The van der Waals surface area contributed by atoms with Crippen molar-refractivity contribution in [2.24, 2.45) is 0 Å². The third kappa shape index (κ3) is 2.06. The minimum absolute atomic E-state index is 0.0287.